The lowest BCUT2D eigenvalue weighted by molar-refractivity contribution is -0.0171. The second-order valence-corrected chi connectivity index (χ2v) is 4.96. The number of hydrogen-bond donors (Lipinski definition) is 1. The Balaban J connectivity index is 1.85. The molecule has 0 bridgehead atoms. The number of fused-ring (bicyclic) bond motifs is 1. The summed E-state index contributed by atoms with van der Waals surface area (Å²) in [6.07, 6.45) is 4.28. The second-order valence-electron chi connectivity index (χ2n) is 4.96. The molecule has 1 fully saturated rings. The van der Waals surface area contributed by atoms with Gasteiger partial charge in [0.1, 0.15) is 11.6 Å². The number of halogens is 1. The Kier molecular flexibility index (Phi) is 3.48. The molecule has 2 aliphatic rings. The molecule has 0 saturated carbocycles. The predicted molar refractivity (Wildman–Crippen MR) is 66.0 cm³/mol. The quantitative estimate of drug-likeness (QED) is 0.875. The van der Waals surface area contributed by atoms with Crippen molar-refractivity contribution in [3.05, 3.63) is 29.1 Å². The van der Waals surface area contributed by atoms with Gasteiger partial charge in [0.05, 0.1) is 6.61 Å². The van der Waals surface area contributed by atoms with Crippen LogP contribution in [-0.4, -0.2) is 19.4 Å². The molecule has 2 aliphatic heterocycles. The Hall–Kier alpha value is -1.13. The lowest BCUT2D eigenvalue weighted by atomic mass is 9.94. The summed E-state index contributed by atoms with van der Waals surface area (Å²) in [4.78, 5) is 0. The topological polar surface area (TPSA) is 30.5 Å². The van der Waals surface area contributed by atoms with Gasteiger partial charge in [-0.1, -0.05) is 6.42 Å². The van der Waals surface area contributed by atoms with Crippen LogP contribution in [0, 0.1) is 5.82 Å². The van der Waals surface area contributed by atoms with Crippen molar-refractivity contribution in [1.29, 1.82) is 0 Å². The molecular weight excluding hydrogens is 233 g/mol. The Labute approximate surface area is 106 Å². The number of rotatable bonds is 2. The first kappa shape index (κ1) is 11.9. The van der Waals surface area contributed by atoms with E-state index in [9.17, 15) is 4.39 Å². The van der Waals surface area contributed by atoms with E-state index in [2.05, 4.69) is 5.32 Å². The Morgan fingerprint density at radius 2 is 2.28 bits per heavy atom. The fraction of sp³-hybridized carbons (Fsp3) is 0.571. The molecule has 1 N–H and O–H groups in total. The number of piperidine rings is 1. The van der Waals surface area contributed by atoms with E-state index in [1.165, 1.54) is 18.9 Å². The molecule has 0 spiro atoms. The van der Waals surface area contributed by atoms with Crippen LogP contribution in [0.3, 0.4) is 0 Å². The average molecular weight is 251 g/mol. The standard InChI is InChI=1S/C14H18FNO2/c15-13-4-5-14-12(8-17-9-18-14)11(13)7-10-3-1-2-6-16-10/h4-5,10,16H,1-3,6-9H2. The highest BCUT2D eigenvalue weighted by Crippen LogP contribution is 2.30. The summed E-state index contributed by atoms with van der Waals surface area (Å²) in [6.45, 7) is 1.75. The molecule has 1 aromatic carbocycles. The number of hydrogen-bond acceptors (Lipinski definition) is 3. The summed E-state index contributed by atoms with van der Waals surface area (Å²) in [5, 5.41) is 3.45. The molecule has 98 valence electrons. The van der Waals surface area contributed by atoms with E-state index in [1.807, 2.05) is 0 Å². The van der Waals surface area contributed by atoms with Gasteiger partial charge in [-0.2, -0.15) is 0 Å². The van der Waals surface area contributed by atoms with Crippen LogP contribution >= 0.6 is 0 Å². The van der Waals surface area contributed by atoms with Crippen LogP contribution in [-0.2, 0) is 17.8 Å². The molecule has 1 unspecified atom stereocenters. The molecule has 1 saturated heterocycles. The van der Waals surface area contributed by atoms with Gasteiger partial charge in [-0.3, -0.25) is 0 Å². The maximum Gasteiger partial charge on any atom is 0.189 e. The molecule has 18 heavy (non-hydrogen) atoms. The number of benzene rings is 1. The molecule has 1 atom stereocenters. The van der Waals surface area contributed by atoms with Gasteiger partial charge in [0.25, 0.3) is 0 Å². The highest BCUT2D eigenvalue weighted by molar-refractivity contribution is 5.42. The fourth-order valence-corrected chi connectivity index (χ4v) is 2.75. The van der Waals surface area contributed by atoms with Crippen molar-refractivity contribution in [2.45, 2.75) is 38.3 Å². The van der Waals surface area contributed by atoms with Crippen molar-refractivity contribution in [2.75, 3.05) is 13.3 Å². The summed E-state index contributed by atoms with van der Waals surface area (Å²) in [5.74, 6) is 0.628. The van der Waals surface area contributed by atoms with Crippen molar-refractivity contribution in [3.8, 4) is 5.75 Å². The Bertz CT molecular complexity index is 430. The summed E-state index contributed by atoms with van der Waals surface area (Å²) >= 11 is 0. The highest BCUT2D eigenvalue weighted by atomic mass is 19.1. The minimum absolute atomic E-state index is 0.143. The van der Waals surface area contributed by atoms with Gasteiger partial charge in [0.2, 0.25) is 0 Å². The maximum absolute atomic E-state index is 14.0. The van der Waals surface area contributed by atoms with Gasteiger partial charge < -0.3 is 14.8 Å². The summed E-state index contributed by atoms with van der Waals surface area (Å²) in [6, 6.07) is 3.58. The molecule has 3 nitrogen and oxygen atoms in total. The first-order valence-corrected chi connectivity index (χ1v) is 6.59. The van der Waals surface area contributed by atoms with Gasteiger partial charge in [0, 0.05) is 11.6 Å². The average Bonchev–Trinajstić information content (AvgIpc) is 2.43. The van der Waals surface area contributed by atoms with E-state index < -0.39 is 0 Å². The van der Waals surface area contributed by atoms with E-state index in [0.717, 1.165) is 36.3 Å². The molecule has 1 aromatic rings. The van der Waals surface area contributed by atoms with Crippen LogP contribution in [0.2, 0.25) is 0 Å². The van der Waals surface area contributed by atoms with Crippen molar-refractivity contribution in [2.24, 2.45) is 0 Å². The molecule has 0 radical (unpaired) electrons. The zero-order valence-corrected chi connectivity index (χ0v) is 10.4. The number of ether oxygens (including phenoxy) is 2. The second kappa shape index (κ2) is 5.24. The minimum atomic E-state index is -0.143. The van der Waals surface area contributed by atoms with E-state index in [0.29, 0.717) is 12.6 Å². The lowest BCUT2D eigenvalue weighted by Gasteiger charge is -2.26. The van der Waals surface area contributed by atoms with Gasteiger partial charge in [-0.15, -0.1) is 0 Å². The normalized spacial score (nSPS) is 23.3. The third-order valence-electron chi connectivity index (χ3n) is 3.74. The molecule has 0 amide bonds. The molecular formula is C14H18FNO2. The largest absolute Gasteiger partial charge is 0.467 e. The van der Waals surface area contributed by atoms with Gasteiger partial charge >= 0.3 is 0 Å². The van der Waals surface area contributed by atoms with Crippen molar-refractivity contribution in [1.82, 2.24) is 5.32 Å². The van der Waals surface area contributed by atoms with Crippen LogP contribution in [0.1, 0.15) is 30.4 Å². The van der Waals surface area contributed by atoms with Crippen molar-refractivity contribution < 1.29 is 13.9 Å². The van der Waals surface area contributed by atoms with Gasteiger partial charge in [-0.25, -0.2) is 4.39 Å². The zero-order valence-electron chi connectivity index (χ0n) is 10.4. The van der Waals surface area contributed by atoms with Crippen molar-refractivity contribution in [3.63, 3.8) is 0 Å². The van der Waals surface area contributed by atoms with Crippen LogP contribution in [0.25, 0.3) is 0 Å². The first-order valence-electron chi connectivity index (χ1n) is 6.59. The Morgan fingerprint density at radius 3 is 3.11 bits per heavy atom. The SMILES string of the molecule is Fc1ccc2c(c1CC1CCCCN1)COCO2. The predicted octanol–water partition coefficient (Wildman–Crippen LogP) is 2.38. The van der Waals surface area contributed by atoms with Gasteiger partial charge in [-0.05, 0) is 43.5 Å². The van der Waals surface area contributed by atoms with Crippen LogP contribution in [0.4, 0.5) is 4.39 Å². The minimum Gasteiger partial charge on any atom is -0.467 e. The van der Waals surface area contributed by atoms with Gasteiger partial charge in [0.15, 0.2) is 6.79 Å². The fourth-order valence-electron chi connectivity index (χ4n) is 2.75. The van der Waals surface area contributed by atoms with Crippen LogP contribution < -0.4 is 10.1 Å². The smallest absolute Gasteiger partial charge is 0.189 e. The molecule has 3 rings (SSSR count). The summed E-state index contributed by atoms with van der Waals surface area (Å²) in [7, 11) is 0. The third kappa shape index (κ3) is 2.35. The van der Waals surface area contributed by atoms with E-state index in [-0.39, 0.29) is 12.6 Å². The molecule has 2 heterocycles. The lowest BCUT2D eigenvalue weighted by Crippen LogP contribution is -2.36. The molecule has 4 heteroatoms. The summed E-state index contributed by atoms with van der Waals surface area (Å²) < 4.78 is 24.7. The maximum atomic E-state index is 14.0. The first-order chi connectivity index (χ1) is 8.84. The van der Waals surface area contributed by atoms with E-state index in [1.54, 1.807) is 6.07 Å². The van der Waals surface area contributed by atoms with Crippen molar-refractivity contribution >= 4 is 0 Å². The van der Waals surface area contributed by atoms with E-state index >= 15 is 0 Å². The Morgan fingerprint density at radius 1 is 1.33 bits per heavy atom. The monoisotopic (exact) mass is 251 g/mol. The zero-order chi connectivity index (χ0) is 12.4. The van der Waals surface area contributed by atoms with Crippen LogP contribution in [0.5, 0.6) is 5.75 Å². The van der Waals surface area contributed by atoms with E-state index in [4.69, 9.17) is 9.47 Å². The number of nitrogens with one attached hydrogen (secondary N) is 1. The highest BCUT2D eigenvalue weighted by Gasteiger charge is 2.22. The van der Waals surface area contributed by atoms with Crippen LogP contribution in [0.15, 0.2) is 12.1 Å². The third-order valence-corrected chi connectivity index (χ3v) is 3.74. The molecule has 0 aromatic heterocycles. The summed E-state index contributed by atoms with van der Waals surface area (Å²) in [5.41, 5.74) is 1.64. The molecule has 0 aliphatic carbocycles.